The molecule has 0 saturated carbocycles. The van der Waals surface area contributed by atoms with E-state index in [9.17, 15) is 4.79 Å². The van der Waals surface area contributed by atoms with Gasteiger partial charge in [-0.05, 0) is 64.2 Å². The Labute approximate surface area is 127 Å². The molecule has 0 bridgehead atoms. The summed E-state index contributed by atoms with van der Waals surface area (Å²) >= 11 is 0. The predicted molar refractivity (Wildman–Crippen MR) is 86.0 cm³/mol. The molecular formula is C16H27N3O2. The van der Waals surface area contributed by atoms with E-state index in [0.717, 1.165) is 18.7 Å². The molecule has 5 heteroatoms. The van der Waals surface area contributed by atoms with Gasteiger partial charge in [-0.15, -0.1) is 0 Å². The highest BCUT2D eigenvalue weighted by molar-refractivity contribution is 5.73. The summed E-state index contributed by atoms with van der Waals surface area (Å²) < 4.78 is 5.60. The van der Waals surface area contributed by atoms with Gasteiger partial charge in [0.15, 0.2) is 0 Å². The van der Waals surface area contributed by atoms with Crippen molar-refractivity contribution >= 4 is 6.03 Å². The molecule has 0 spiro atoms. The third kappa shape index (κ3) is 7.56. The Morgan fingerprint density at radius 1 is 1.14 bits per heavy atom. The molecule has 0 aliphatic rings. The fraction of sp³-hybridized carbons (Fsp3) is 0.562. The number of benzene rings is 1. The predicted octanol–water partition coefficient (Wildman–Crippen LogP) is 1.93. The summed E-state index contributed by atoms with van der Waals surface area (Å²) in [5, 5.41) is 5.60. The monoisotopic (exact) mass is 293 g/mol. The summed E-state index contributed by atoms with van der Waals surface area (Å²) in [7, 11) is 4.04. The molecule has 0 unspecified atom stereocenters. The number of hydrogen-bond donors (Lipinski definition) is 2. The van der Waals surface area contributed by atoms with Crippen LogP contribution in [-0.4, -0.2) is 51.3 Å². The first-order valence-electron chi connectivity index (χ1n) is 7.35. The van der Waals surface area contributed by atoms with Crippen molar-refractivity contribution in [2.75, 3.05) is 40.3 Å². The van der Waals surface area contributed by atoms with Crippen LogP contribution in [0.4, 0.5) is 4.79 Å². The van der Waals surface area contributed by atoms with Crippen molar-refractivity contribution in [3.8, 4) is 5.75 Å². The van der Waals surface area contributed by atoms with Crippen LogP contribution in [-0.2, 0) is 0 Å². The zero-order valence-corrected chi connectivity index (χ0v) is 13.5. The van der Waals surface area contributed by atoms with Crippen molar-refractivity contribution in [2.24, 2.45) is 0 Å². The Balaban J connectivity index is 2.10. The molecule has 5 nitrogen and oxygen atoms in total. The molecule has 0 aliphatic heterocycles. The molecule has 0 aromatic heterocycles. The highest BCUT2D eigenvalue weighted by Gasteiger charge is 2.00. The van der Waals surface area contributed by atoms with Crippen LogP contribution in [0.1, 0.15) is 17.5 Å². The largest absolute Gasteiger partial charge is 0.492 e. The van der Waals surface area contributed by atoms with Gasteiger partial charge in [-0.2, -0.15) is 0 Å². The molecule has 2 N–H and O–H groups in total. The average Bonchev–Trinajstić information content (AvgIpc) is 2.43. The average molecular weight is 293 g/mol. The highest BCUT2D eigenvalue weighted by Crippen LogP contribution is 2.15. The summed E-state index contributed by atoms with van der Waals surface area (Å²) in [6, 6.07) is 5.85. The molecule has 0 atom stereocenters. The Hall–Kier alpha value is -1.75. The number of nitrogens with one attached hydrogen (secondary N) is 2. The zero-order valence-electron chi connectivity index (χ0n) is 13.5. The van der Waals surface area contributed by atoms with Gasteiger partial charge in [0.2, 0.25) is 0 Å². The van der Waals surface area contributed by atoms with Gasteiger partial charge in [0.25, 0.3) is 0 Å². The minimum absolute atomic E-state index is 0.141. The van der Waals surface area contributed by atoms with E-state index in [1.165, 1.54) is 11.1 Å². The molecule has 1 aromatic carbocycles. The van der Waals surface area contributed by atoms with E-state index in [2.05, 4.69) is 29.4 Å². The molecule has 1 rings (SSSR count). The summed E-state index contributed by atoms with van der Waals surface area (Å²) in [5.41, 5.74) is 2.46. The minimum atomic E-state index is -0.141. The van der Waals surface area contributed by atoms with Gasteiger partial charge >= 0.3 is 6.03 Å². The SMILES string of the molecule is Cc1ccc(OCCNC(=O)NCCCN(C)C)cc1C. The van der Waals surface area contributed by atoms with Crippen LogP contribution in [0.3, 0.4) is 0 Å². The number of carbonyl (C=O) groups excluding carboxylic acids is 1. The molecule has 0 heterocycles. The Kier molecular flexibility index (Phi) is 7.61. The molecule has 21 heavy (non-hydrogen) atoms. The third-order valence-electron chi connectivity index (χ3n) is 3.20. The van der Waals surface area contributed by atoms with Crippen molar-refractivity contribution in [1.29, 1.82) is 0 Å². The number of hydrogen-bond acceptors (Lipinski definition) is 3. The molecular weight excluding hydrogens is 266 g/mol. The summed E-state index contributed by atoms with van der Waals surface area (Å²) in [5.74, 6) is 0.839. The maximum Gasteiger partial charge on any atom is 0.314 e. The maximum absolute atomic E-state index is 11.5. The van der Waals surface area contributed by atoms with Gasteiger partial charge in [-0.25, -0.2) is 4.79 Å². The van der Waals surface area contributed by atoms with Gasteiger partial charge in [-0.1, -0.05) is 6.07 Å². The molecule has 0 saturated heterocycles. The van der Waals surface area contributed by atoms with Crippen molar-refractivity contribution in [3.63, 3.8) is 0 Å². The summed E-state index contributed by atoms with van der Waals surface area (Å²) in [6.45, 7) is 6.74. The highest BCUT2D eigenvalue weighted by atomic mass is 16.5. The maximum atomic E-state index is 11.5. The topological polar surface area (TPSA) is 53.6 Å². The first-order chi connectivity index (χ1) is 9.99. The number of amides is 2. The summed E-state index contributed by atoms with van der Waals surface area (Å²) in [4.78, 5) is 13.6. The molecule has 0 aliphatic carbocycles. The van der Waals surface area contributed by atoms with Crippen molar-refractivity contribution < 1.29 is 9.53 Å². The van der Waals surface area contributed by atoms with Crippen molar-refractivity contribution in [1.82, 2.24) is 15.5 Å². The lowest BCUT2D eigenvalue weighted by Crippen LogP contribution is -2.38. The van der Waals surface area contributed by atoms with E-state index in [1.807, 2.05) is 32.3 Å². The van der Waals surface area contributed by atoms with E-state index in [-0.39, 0.29) is 6.03 Å². The van der Waals surface area contributed by atoms with Crippen LogP contribution in [0.15, 0.2) is 18.2 Å². The number of nitrogens with zero attached hydrogens (tertiary/aromatic N) is 1. The van der Waals surface area contributed by atoms with E-state index in [4.69, 9.17) is 4.74 Å². The standard InChI is InChI=1S/C16H27N3O2/c1-13-6-7-15(12-14(13)2)21-11-9-18-16(20)17-8-5-10-19(3)4/h6-7,12H,5,8-11H2,1-4H3,(H2,17,18,20). The lowest BCUT2D eigenvalue weighted by molar-refractivity contribution is 0.236. The first kappa shape index (κ1) is 17.3. The lowest BCUT2D eigenvalue weighted by Gasteiger charge is -2.11. The lowest BCUT2D eigenvalue weighted by atomic mass is 10.1. The van der Waals surface area contributed by atoms with Crippen LogP contribution in [0.5, 0.6) is 5.75 Å². The molecule has 0 fully saturated rings. The van der Waals surface area contributed by atoms with Gasteiger partial charge in [0, 0.05) is 6.54 Å². The molecule has 0 radical (unpaired) electrons. The normalized spacial score (nSPS) is 10.5. The second-order valence-electron chi connectivity index (χ2n) is 5.43. The zero-order chi connectivity index (χ0) is 15.7. The summed E-state index contributed by atoms with van der Waals surface area (Å²) in [6.07, 6.45) is 0.944. The third-order valence-corrected chi connectivity index (χ3v) is 3.20. The quantitative estimate of drug-likeness (QED) is 0.720. The van der Waals surface area contributed by atoms with Gasteiger partial charge < -0.3 is 20.3 Å². The fourth-order valence-electron chi connectivity index (χ4n) is 1.80. The van der Waals surface area contributed by atoms with Crippen LogP contribution in [0.2, 0.25) is 0 Å². The van der Waals surface area contributed by atoms with E-state index >= 15 is 0 Å². The minimum Gasteiger partial charge on any atom is -0.492 e. The second-order valence-corrected chi connectivity index (χ2v) is 5.43. The molecule has 1 aromatic rings. The van der Waals surface area contributed by atoms with E-state index < -0.39 is 0 Å². The van der Waals surface area contributed by atoms with E-state index in [1.54, 1.807) is 0 Å². The van der Waals surface area contributed by atoms with E-state index in [0.29, 0.717) is 19.7 Å². The molecule has 118 valence electrons. The van der Waals surface area contributed by atoms with Crippen LogP contribution in [0.25, 0.3) is 0 Å². The second kappa shape index (κ2) is 9.23. The van der Waals surface area contributed by atoms with Gasteiger partial charge in [-0.3, -0.25) is 0 Å². The molecule has 2 amide bonds. The van der Waals surface area contributed by atoms with Crippen molar-refractivity contribution in [2.45, 2.75) is 20.3 Å². The van der Waals surface area contributed by atoms with Crippen molar-refractivity contribution in [3.05, 3.63) is 29.3 Å². The first-order valence-corrected chi connectivity index (χ1v) is 7.35. The van der Waals surface area contributed by atoms with Gasteiger partial charge in [0.05, 0.1) is 6.54 Å². The Bertz CT molecular complexity index is 447. The number of carbonyl (C=O) groups is 1. The number of ether oxygens (including phenoxy) is 1. The Morgan fingerprint density at radius 2 is 1.86 bits per heavy atom. The smallest absolute Gasteiger partial charge is 0.314 e. The Morgan fingerprint density at radius 3 is 2.52 bits per heavy atom. The number of rotatable bonds is 8. The number of aryl methyl sites for hydroxylation is 2. The van der Waals surface area contributed by atoms with Gasteiger partial charge in [0.1, 0.15) is 12.4 Å². The number of urea groups is 1. The van der Waals surface area contributed by atoms with Crippen LogP contribution < -0.4 is 15.4 Å². The van der Waals surface area contributed by atoms with Crippen LogP contribution in [0, 0.1) is 13.8 Å². The fourth-order valence-corrected chi connectivity index (χ4v) is 1.80. The van der Waals surface area contributed by atoms with Crippen LogP contribution >= 0.6 is 0 Å².